The summed E-state index contributed by atoms with van der Waals surface area (Å²) in [6, 6.07) is 20.1. The smallest absolute Gasteiger partial charge is 0.204 e. The van der Waals surface area contributed by atoms with E-state index in [1.54, 1.807) is 12.1 Å². The van der Waals surface area contributed by atoms with Gasteiger partial charge in [-0.2, -0.15) is 0 Å². The molecule has 0 radical (unpaired) electrons. The van der Waals surface area contributed by atoms with E-state index in [4.69, 9.17) is 9.15 Å². The lowest BCUT2D eigenvalue weighted by atomic mass is 9.83. The van der Waals surface area contributed by atoms with Crippen molar-refractivity contribution in [3.8, 4) is 34.3 Å². The van der Waals surface area contributed by atoms with Gasteiger partial charge in [-0.1, -0.05) is 44.5 Å². The number of fused-ring (bicyclic) bond motifs is 4. The molecule has 2 heterocycles. The number of hydrogen-bond acceptors (Lipinski definition) is 6. The van der Waals surface area contributed by atoms with Crippen LogP contribution in [0.25, 0.3) is 44.0 Å². The van der Waals surface area contributed by atoms with Crippen LogP contribution >= 0.6 is 0 Å². The zero-order valence-corrected chi connectivity index (χ0v) is 23.8. The molecule has 1 unspecified atom stereocenters. The van der Waals surface area contributed by atoms with Gasteiger partial charge < -0.3 is 29.5 Å². The Morgan fingerprint density at radius 3 is 2.40 bits per heavy atom. The zero-order chi connectivity index (χ0) is 29.5. The SMILES string of the molecule is COc1c(O)c(C(CCC(C)C)Cc2cccc3c2ccc2[nH]ccc23)c2oc(-c3ccc(O)cc3)cc(=O)c2c1O. The van der Waals surface area contributed by atoms with Gasteiger partial charge >= 0.3 is 0 Å². The lowest BCUT2D eigenvalue weighted by Crippen LogP contribution is -2.10. The van der Waals surface area contributed by atoms with E-state index in [0.29, 0.717) is 29.9 Å². The first kappa shape index (κ1) is 27.3. The highest BCUT2D eigenvalue weighted by atomic mass is 16.5. The lowest BCUT2D eigenvalue weighted by Gasteiger charge is -2.23. The summed E-state index contributed by atoms with van der Waals surface area (Å²) in [5.74, 6) is -0.369. The number of H-pyrrole nitrogens is 1. The van der Waals surface area contributed by atoms with Crippen molar-refractivity contribution in [1.82, 2.24) is 4.98 Å². The number of benzene rings is 4. The number of phenols is 3. The Morgan fingerprint density at radius 1 is 0.881 bits per heavy atom. The second-order valence-electron chi connectivity index (χ2n) is 11.3. The molecule has 0 aliphatic heterocycles. The highest BCUT2D eigenvalue weighted by molar-refractivity contribution is 6.07. The van der Waals surface area contributed by atoms with Gasteiger partial charge in [0.2, 0.25) is 5.75 Å². The van der Waals surface area contributed by atoms with Gasteiger partial charge in [0.25, 0.3) is 0 Å². The first-order valence-corrected chi connectivity index (χ1v) is 14.1. The number of hydrogen-bond donors (Lipinski definition) is 4. The Balaban J connectivity index is 1.59. The van der Waals surface area contributed by atoms with Crippen molar-refractivity contribution < 1.29 is 24.5 Å². The van der Waals surface area contributed by atoms with Crippen molar-refractivity contribution in [1.29, 1.82) is 0 Å². The predicted octanol–water partition coefficient (Wildman–Crippen LogP) is 7.98. The fourth-order valence-electron chi connectivity index (χ4n) is 6.00. The summed E-state index contributed by atoms with van der Waals surface area (Å²) < 4.78 is 11.8. The maximum Gasteiger partial charge on any atom is 0.204 e. The van der Waals surface area contributed by atoms with Crippen molar-refractivity contribution in [2.75, 3.05) is 7.11 Å². The van der Waals surface area contributed by atoms with E-state index in [1.807, 2.05) is 12.3 Å². The van der Waals surface area contributed by atoms with Gasteiger partial charge in [-0.3, -0.25) is 4.79 Å². The molecule has 6 aromatic rings. The molecule has 0 saturated heterocycles. The summed E-state index contributed by atoms with van der Waals surface area (Å²) in [6.45, 7) is 4.30. The van der Waals surface area contributed by atoms with Crippen LogP contribution in [0.5, 0.6) is 23.0 Å². The number of phenolic OH excluding ortho intramolecular Hbond substituents is 3. The van der Waals surface area contributed by atoms with E-state index in [0.717, 1.165) is 33.7 Å². The van der Waals surface area contributed by atoms with Gasteiger partial charge in [0, 0.05) is 34.3 Å². The van der Waals surface area contributed by atoms with Crippen LogP contribution < -0.4 is 10.2 Å². The largest absolute Gasteiger partial charge is 0.508 e. The van der Waals surface area contributed by atoms with Gasteiger partial charge in [-0.05, 0) is 77.4 Å². The molecule has 4 aromatic carbocycles. The number of methoxy groups -OCH3 is 1. The molecule has 0 saturated carbocycles. The quantitative estimate of drug-likeness (QED) is 0.149. The molecule has 0 aliphatic carbocycles. The lowest BCUT2D eigenvalue weighted by molar-refractivity contribution is 0.341. The predicted molar refractivity (Wildman–Crippen MR) is 166 cm³/mol. The van der Waals surface area contributed by atoms with Gasteiger partial charge in [0.1, 0.15) is 22.5 Å². The maximum atomic E-state index is 13.5. The minimum Gasteiger partial charge on any atom is -0.508 e. The third-order valence-electron chi connectivity index (χ3n) is 8.12. The molecule has 2 aromatic heterocycles. The third-order valence-corrected chi connectivity index (χ3v) is 8.12. The van der Waals surface area contributed by atoms with Crippen LogP contribution in [0.15, 0.2) is 82.1 Å². The highest BCUT2D eigenvalue weighted by Crippen LogP contribution is 2.49. The van der Waals surface area contributed by atoms with Crippen LogP contribution in [0.3, 0.4) is 0 Å². The molecule has 214 valence electrons. The van der Waals surface area contributed by atoms with Gasteiger partial charge in [-0.25, -0.2) is 0 Å². The van der Waals surface area contributed by atoms with Crippen molar-refractivity contribution in [3.05, 3.63) is 94.3 Å². The molecule has 0 amide bonds. The Labute approximate surface area is 242 Å². The zero-order valence-electron chi connectivity index (χ0n) is 23.8. The second kappa shape index (κ2) is 10.8. The van der Waals surface area contributed by atoms with E-state index < -0.39 is 11.2 Å². The van der Waals surface area contributed by atoms with Crippen LogP contribution in [0, 0.1) is 5.92 Å². The van der Waals surface area contributed by atoms with Crippen LogP contribution in [0.2, 0.25) is 0 Å². The topological polar surface area (TPSA) is 116 Å². The number of nitrogens with one attached hydrogen (secondary N) is 1. The van der Waals surface area contributed by atoms with Gasteiger partial charge in [0.15, 0.2) is 16.9 Å². The summed E-state index contributed by atoms with van der Waals surface area (Å²) in [5, 5.41) is 35.8. The third kappa shape index (κ3) is 4.71. The molecule has 7 heteroatoms. The van der Waals surface area contributed by atoms with Crippen LogP contribution in [-0.4, -0.2) is 27.4 Å². The number of aromatic amines is 1. The summed E-state index contributed by atoms with van der Waals surface area (Å²) in [4.78, 5) is 16.8. The fourth-order valence-corrected chi connectivity index (χ4v) is 6.00. The van der Waals surface area contributed by atoms with Crippen LogP contribution in [-0.2, 0) is 6.42 Å². The molecule has 0 aliphatic rings. The van der Waals surface area contributed by atoms with E-state index in [2.05, 4.69) is 49.2 Å². The normalized spacial score (nSPS) is 12.5. The average Bonchev–Trinajstić information content (AvgIpc) is 3.46. The second-order valence-corrected chi connectivity index (χ2v) is 11.3. The van der Waals surface area contributed by atoms with Gasteiger partial charge in [-0.15, -0.1) is 0 Å². The number of ether oxygens (including phenoxy) is 1. The van der Waals surface area contributed by atoms with Crippen molar-refractivity contribution in [3.63, 3.8) is 0 Å². The summed E-state index contributed by atoms with van der Waals surface area (Å²) in [6.07, 6.45) is 4.06. The molecule has 0 spiro atoms. The van der Waals surface area contributed by atoms with Crippen LogP contribution in [0.1, 0.15) is 43.7 Å². The first-order valence-electron chi connectivity index (χ1n) is 14.1. The molecule has 6 rings (SSSR count). The summed E-state index contributed by atoms with van der Waals surface area (Å²) in [7, 11) is 1.35. The molecular formula is C35H33NO6. The fraction of sp³-hybridized carbons (Fsp3) is 0.229. The number of aromatic nitrogens is 1. The molecule has 4 N–H and O–H groups in total. The monoisotopic (exact) mass is 563 g/mol. The van der Waals surface area contributed by atoms with E-state index in [9.17, 15) is 20.1 Å². The summed E-state index contributed by atoms with van der Waals surface area (Å²) >= 11 is 0. The minimum absolute atomic E-state index is 0.0383. The minimum atomic E-state index is -0.459. The Morgan fingerprint density at radius 2 is 1.67 bits per heavy atom. The Kier molecular flexibility index (Phi) is 7.02. The molecule has 42 heavy (non-hydrogen) atoms. The van der Waals surface area contributed by atoms with Gasteiger partial charge in [0.05, 0.1) is 7.11 Å². The highest BCUT2D eigenvalue weighted by Gasteiger charge is 2.30. The van der Waals surface area contributed by atoms with E-state index in [1.165, 1.54) is 25.3 Å². The Bertz CT molecular complexity index is 1980. The average molecular weight is 564 g/mol. The molecule has 0 fully saturated rings. The standard InChI is InChI=1S/C35H33NO6/c1-19(2)7-8-22(17-21-5-4-6-25-24(21)13-14-27-26(25)15-16-36-27)30-32(39)35(41-3)33(40)31-28(38)18-29(42-34(30)31)20-9-11-23(37)12-10-20/h4-6,9-16,18-19,22,36-37,39-40H,7-8,17H2,1-3H3. The van der Waals surface area contributed by atoms with E-state index in [-0.39, 0.29) is 39.9 Å². The van der Waals surface area contributed by atoms with Crippen molar-refractivity contribution >= 4 is 32.6 Å². The van der Waals surface area contributed by atoms with Crippen molar-refractivity contribution in [2.24, 2.45) is 5.92 Å². The first-order chi connectivity index (χ1) is 20.3. The number of rotatable bonds is 8. The van der Waals surface area contributed by atoms with Crippen molar-refractivity contribution in [2.45, 2.75) is 39.0 Å². The molecule has 1 atom stereocenters. The summed E-state index contributed by atoms with van der Waals surface area (Å²) in [5.41, 5.74) is 2.84. The van der Waals surface area contributed by atoms with Crippen LogP contribution in [0.4, 0.5) is 0 Å². The number of aromatic hydroxyl groups is 3. The molecular weight excluding hydrogens is 530 g/mol. The molecule has 0 bridgehead atoms. The molecule has 7 nitrogen and oxygen atoms in total. The van der Waals surface area contributed by atoms with E-state index >= 15 is 0 Å². The Hall–Kier alpha value is -4.91. The maximum absolute atomic E-state index is 13.5.